The van der Waals surface area contributed by atoms with Crippen LogP contribution >= 0.6 is 0 Å². The minimum atomic E-state index is -0.268. The summed E-state index contributed by atoms with van der Waals surface area (Å²) in [7, 11) is 0. The first-order valence-electron chi connectivity index (χ1n) is 7.41. The molecule has 2 N–H and O–H groups in total. The highest BCUT2D eigenvalue weighted by atomic mass is 19.1. The number of hydrogen-bond donors (Lipinski definition) is 1. The zero-order valence-electron chi connectivity index (χ0n) is 11.9. The molecule has 0 saturated heterocycles. The highest BCUT2D eigenvalue weighted by Gasteiger charge is 2.36. The van der Waals surface area contributed by atoms with E-state index in [1.807, 2.05) is 6.07 Å². The molecular formula is C18H19F2N. The fourth-order valence-electron chi connectivity index (χ4n) is 3.39. The molecule has 2 aromatic rings. The van der Waals surface area contributed by atoms with E-state index in [0.29, 0.717) is 12.1 Å². The van der Waals surface area contributed by atoms with Crippen molar-refractivity contribution >= 4 is 0 Å². The maximum atomic E-state index is 14.3. The Balaban J connectivity index is 2.06. The molecule has 3 heteroatoms. The molecule has 0 atom stereocenters. The number of nitrogens with two attached hydrogens (primary N) is 1. The molecule has 0 aromatic heterocycles. The summed E-state index contributed by atoms with van der Waals surface area (Å²) in [6, 6.07) is 11.4. The van der Waals surface area contributed by atoms with Gasteiger partial charge in [0, 0.05) is 12.0 Å². The Labute approximate surface area is 123 Å². The molecule has 0 heterocycles. The first-order valence-corrected chi connectivity index (χ1v) is 7.41. The van der Waals surface area contributed by atoms with Gasteiger partial charge in [-0.1, -0.05) is 31.0 Å². The van der Waals surface area contributed by atoms with Crippen molar-refractivity contribution < 1.29 is 8.78 Å². The first kappa shape index (κ1) is 14.2. The third-order valence-corrected chi connectivity index (χ3v) is 4.67. The standard InChI is InChI=1S/C18H19F2N/c19-15-6-3-13(4-7-15)14-5-8-17(20)16(11-14)18(12-21)9-1-2-10-18/h3-8,11H,1-2,9-10,12,21H2. The molecule has 0 amide bonds. The molecule has 1 saturated carbocycles. The predicted molar refractivity (Wildman–Crippen MR) is 81.0 cm³/mol. The first-order chi connectivity index (χ1) is 10.1. The third kappa shape index (κ3) is 2.58. The molecule has 110 valence electrons. The molecule has 0 spiro atoms. The second kappa shape index (κ2) is 5.57. The maximum absolute atomic E-state index is 14.3. The van der Waals surface area contributed by atoms with Crippen molar-refractivity contribution in [2.75, 3.05) is 6.54 Å². The molecule has 0 aliphatic heterocycles. The monoisotopic (exact) mass is 287 g/mol. The Morgan fingerprint density at radius 2 is 1.52 bits per heavy atom. The lowest BCUT2D eigenvalue weighted by atomic mass is 9.78. The number of halogens is 2. The molecule has 0 radical (unpaired) electrons. The molecule has 1 aliphatic carbocycles. The van der Waals surface area contributed by atoms with Crippen molar-refractivity contribution in [3.8, 4) is 11.1 Å². The minimum absolute atomic E-state index is 0.187. The van der Waals surface area contributed by atoms with Gasteiger partial charge < -0.3 is 5.73 Å². The molecule has 1 nitrogen and oxygen atoms in total. The lowest BCUT2D eigenvalue weighted by Crippen LogP contribution is -2.33. The second-order valence-electron chi connectivity index (χ2n) is 5.89. The van der Waals surface area contributed by atoms with E-state index >= 15 is 0 Å². The number of benzene rings is 2. The van der Waals surface area contributed by atoms with E-state index in [9.17, 15) is 8.78 Å². The van der Waals surface area contributed by atoms with E-state index in [1.165, 1.54) is 18.2 Å². The van der Waals surface area contributed by atoms with Crippen molar-refractivity contribution in [2.45, 2.75) is 31.1 Å². The van der Waals surface area contributed by atoms with E-state index in [-0.39, 0.29) is 17.0 Å². The topological polar surface area (TPSA) is 26.0 Å². The van der Waals surface area contributed by atoms with E-state index in [1.54, 1.807) is 18.2 Å². The quantitative estimate of drug-likeness (QED) is 0.889. The van der Waals surface area contributed by atoms with Gasteiger partial charge in [-0.05, 0) is 53.8 Å². The summed E-state index contributed by atoms with van der Waals surface area (Å²) < 4.78 is 27.3. The molecule has 21 heavy (non-hydrogen) atoms. The minimum Gasteiger partial charge on any atom is -0.330 e. The molecule has 2 aromatic carbocycles. The van der Waals surface area contributed by atoms with Crippen LogP contribution in [0.2, 0.25) is 0 Å². The average Bonchev–Trinajstić information content (AvgIpc) is 2.99. The van der Waals surface area contributed by atoms with Crippen LogP contribution in [0.15, 0.2) is 42.5 Å². The SMILES string of the molecule is NCC1(c2cc(-c3ccc(F)cc3)ccc2F)CCCC1. The van der Waals surface area contributed by atoms with Crippen molar-refractivity contribution in [1.29, 1.82) is 0 Å². The zero-order valence-corrected chi connectivity index (χ0v) is 11.9. The van der Waals surface area contributed by atoms with Gasteiger partial charge in [0.1, 0.15) is 11.6 Å². The van der Waals surface area contributed by atoms with Crippen molar-refractivity contribution in [2.24, 2.45) is 5.73 Å². The summed E-state index contributed by atoms with van der Waals surface area (Å²) in [5.41, 5.74) is 8.24. The van der Waals surface area contributed by atoms with Crippen LogP contribution in [0.1, 0.15) is 31.2 Å². The van der Waals surface area contributed by atoms with E-state index < -0.39 is 0 Å². The highest BCUT2D eigenvalue weighted by Crippen LogP contribution is 2.42. The van der Waals surface area contributed by atoms with Crippen LogP contribution in [-0.2, 0) is 5.41 Å². The summed E-state index contributed by atoms with van der Waals surface area (Å²) in [4.78, 5) is 0. The average molecular weight is 287 g/mol. The van der Waals surface area contributed by atoms with Crippen LogP contribution in [0.3, 0.4) is 0 Å². The molecule has 0 bridgehead atoms. The number of hydrogen-bond acceptors (Lipinski definition) is 1. The van der Waals surface area contributed by atoms with Crippen molar-refractivity contribution in [3.05, 3.63) is 59.7 Å². The Hall–Kier alpha value is -1.74. The normalized spacial score (nSPS) is 17.1. The highest BCUT2D eigenvalue weighted by molar-refractivity contribution is 5.64. The van der Waals surface area contributed by atoms with Gasteiger partial charge in [0.2, 0.25) is 0 Å². The van der Waals surface area contributed by atoms with Crippen molar-refractivity contribution in [3.63, 3.8) is 0 Å². The van der Waals surface area contributed by atoms with Gasteiger partial charge in [-0.25, -0.2) is 8.78 Å². The fraction of sp³-hybridized carbons (Fsp3) is 0.333. The fourth-order valence-corrected chi connectivity index (χ4v) is 3.39. The molecule has 1 aliphatic rings. The summed E-state index contributed by atoms with van der Waals surface area (Å²) in [6.45, 7) is 0.469. The third-order valence-electron chi connectivity index (χ3n) is 4.67. The maximum Gasteiger partial charge on any atom is 0.127 e. The summed E-state index contributed by atoms with van der Waals surface area (Å²) in [5, 5.41) is 0. The molecule has 3 rings (SSSR count). The van der Waals surface area contributed by atoms with Crippen LogP contribution in [0, 0.1) is 11.6 Å². The van der Waals surface area contributed by atoms with Gasteiger partial charge >= 0.3 is 0 Å². The lowest BCUT2D eigenvalue weighted by Gasteiger charge is -2.28. The van der Waals surface area contributed by atoms with Crippen LogP contribution in [0.25, 0.3) is 11.1 Å². The van der Waals surface area contributed by atoms with Gasteiger partial charge in [-0.2, -0.15) is 0 Å². The van der Waals surface area contributed by atoms with Gasteiger partial charge in [-0.3, -0.25) is 0 Å². The van der Waals surface area contributed by atoms with Crippen LogP contribution in [0.4, 0.5) is 8.78 Å². The molecule has 0 unspecified atom stereocenters. The Morgan fingerprint density at radius 3 is 2.14 bits per heavy atom. The summed E-state index contributed by atoms with van der Waals surface area (Å²) in [6.07, 6.45) is 4.06. The van der Waals surface area contributed by atoms with Gasteiger partial charge in [-0.15, -0.1) is 0 Å². The lowest BCUT2D eigenvalue weighted by molar-refractivity contribution is 0.427. The smallest absolute Gasteiger partial charge is 0.127 e. The Morgan fingerprint density at radius 1 is 0.905 bits per heavy atom. The predicted octanol–water partition coefficient (Wildman–Crippen LogP) is 4.40. The second-order valence-corrected chi connectivity index (χ2v) is 5.89. The van der Waals surface area contributed by atoms with Gasteiger partial charge in [0.05, 0.1) is 0 Å². The molecule has 1 fully saturated rings. The summed E-state index contributed by atoms with van der Waals surface area (Å²) in [5.74, 6) is -0.455. The van der Waals surface area contributed by atoms with Crippen molar-refractivity contribution in [1.82, 2.24) is 0 Å². The Bertz CT molecular complexity index is 628. The Kier molecular flexibility index (Phi) is 3.77. The van der Waals surface area contributed by atoms with E-state index in [0.717, 1.165) is 36.8 Å². The van der Waals surface area contributed by atoms with Crippen LogP contribution < -0.4 is 5.73 Å². The number of rotatable bonds is 3. The summed E-state index contributed by atoms with van der Waals surface area (Å²) >= 11 is 0. The molecular weight excluding hydrogens is 268 g/mol. The largest absolute Gasteiger partial charge is 0.330 e. The van der Waals surface area contributed by atoms with Crippen LogP contribution in [-0.4, -0.2) is 6.54 Å². The zero-order chi connectivity index (χ0) is 14.9. The van der Waals surface area contributed by atoms with E-state index in [4.69, 9.17) is 5.73 Å². The van der Waals surface area contributed by atoms with E-state index in [2.05, 4.69) is 0 Å². The van der Waals surface area contributed by atoms with Gasteiger partial charge in [0.15, 0.2) is 0 Å². The van der Waals surface area contributed by atoms with Gasteiger partial charge in [0.25, 0.3) is 0 Å². The van der Waals surface area contributed by atoms with Crippen LogP contribution in [0.5, 0.6) is 0 Å².